The number of nitrogens with one attached hydrogen (secondary N) is 2. The Kier molecular flexibility index (Phi) is 12.7. The minimum absolute atomic E-state index is 0.153. The molecule has 1 saturated carbocycles. The van der Waals surface area contributed by atoms with Crippen molar-refractivity contribution in [3.05, 3.63) is 95.6 Å². The first-order valence-electron chi connectivity index (χ1n) is 18.1. The number of Topliss-reactive ketones (excluding diaryl/α,β-unsaturated/α-hetero) is 1. The zero-order valence-electron chi connectivity index (χ0n) is 30.5. The summed E-state index contributed by atoms with van der Waals surface area (Å²) >= 11 is 0. The summed E-state index contributed by atoms with van der Waals surface area (Å²) < 4.78 is 5.29. The van der Waals surface area contributed by atoms with Crippen molar-refractivity contribution in [2.45, 2.75) is 89.9 Å². The Hall–Kier alpha value is -5.52. The number of rotatable bonds is 16. The number of ketones is 1. The Balaban J connectivity index is 1.42. The summed E-state index contributed by atoms with van der Waals surface area (Å²) in [4.78, 5) is 80.9. The smallest absolute Gasteiger partial charge is 0.303 e. The van der Waals surface area contributed by atoms with Crippen LogP contribution in [0.2, 0.25) is 0 Å². The normalized spacial score (nSPS) is 18.4. The molecule has 0 spiro atoms. The third-order valence-corrected chi connectivity index (χ3v) is 10.4. The fourth-order valence-corrected chi connectivity index (χ4v) is 7.48. The van der Waals surface area contributed by atoms with E-state index in [1.807, 2.05) is 54.6 Å². The molecule has 0 bridgehead atoms. The van der Waals surface area contributed by atoms with E-state index in [0.29, 0.717) is 42.8 Å². The highest BCUT2D eigenvalue weighted by Crippen LogP contribution is 2.42. The summed E-state index contributed by atoms with van der Waals surface area (Å²) in [6, 6.07) is 21.9. The van der Waals surface area contributed by atoms with Gasteiger partial charge in [0.05, 0.1) is 25.0 Å². The lowest BCUT2D eigenvalue weighted by Gasteiger charge is -2.32. The van der Waals surface area contributed by atoms with Crippen molar-refractivity contribution in [3.63, 3.8) is 0 Å². The molecule has 2 fully saturated rings. The number of ether oxygens (including phenoxy) is 1. The molecule has 2 aliphatic rings. The van der Waals surface area contributed by atoms with E-state index in [2.05, 4.69) is 10.6 Å². The van der Waals surface area contributed by atoms with Gasteiger partial charge >= 0.3 is 5.97 Å². The zero-order valence-corrected chi connectivity index (χ0v) is 30.5. The minimum Gasteiger partial charge on any atom is -0.497 e. The van der Waals surface area contributed by atoms with Crippen LogP contribution < -0.4 is 20.3 Å². The van der Waals surface area contributed by atoms with Gasteiger partial charge < -0.3 is 25.4 Å². The van der Waals surface area contributed by atoms with Crippen LogP contribution in [-0.4, -0.2) is 71.1 Å². The summed E-state index contributed by atoms with van der Waals surface area (Å²) in [5, 5.41) is 15.2. The Morgan fingerprint density at radius 2 is 1.53 bits per heavy atom. The fraction of sp³-hybridized carbons (Fsp3) is 0.415. The van der Waals surface area contributed by atoms with Crippen LogP contribution in [-0.2, 0) is 41.6 Å². The summed E-state index contributed by atoms with van der Waals surface area (Å²) in [7, 11) is 1.56. The van der Waals surface area contributed by atoms with Crippen LogP contribution in [0.1, 0.15) is 81.6 Å². The number of hydrogen-bond acceptors (Lipinski definition) is 7. The Morgan fingerprint density at radius 3 is 2.11 bits per heavy atom. The minimum atomic E-state index is -1.11. The molecule has 3 N–H and O–H groups in total. The van der Waals surface area contributed by atoms with Crippen LogP contribution in [0.15, 0.2) is 78.9 Å². The number of benzene rings is 3. The molecule has 3 aromatic rings. The predicted molar refractivity (Wildman–Crippen MR) is 198 cm³/mol. The molecule has 3 aromatic carbocycles. The standard InChI is InChI=1S/C41H48N4O8/c1-27(46)34(43-40(52)41(21-7-8-22-41)23-24-42-28(2)47)25-29-11-15-32(16-12-29)44-38(31-9-5-4-6-10-31)45(36(48)19-20-37(49)50)35(39(44)51)26-30-13-17-33(53-3)18-14-30/h4-6,9-18,34-35,38H,7-8,19-26H2,1-3H3,(H,42,47)(H,43,52)(H,49,50). The van der Waals surface area contributed by atoms with E-state index in [1.165, 1.54) is 18.7 Å². The monoisotopic (exact) mass is 724 g/mol. The third-order valence-electron chi connectivity index (χ3n) is 10.4. The highest BCUT2D eigenvalue weighted by atomic mass is 16.5. The van der Waals surface area contributed by atoms with Gasteiger partial charge in [-0.3, -0.25) is 33.7 Å². The van der Waals surface area contributed by atoms with E-state index in [9.17, 15) is 33.9 Å². The molecule has 5 rings (SSSR count). The number of methoxy groups -OCH3 is 1. The number of carbonyl (C=O) groups is 6. The number of anilines is 1. The summed E-state index contributed by atoms with van der Waals surface area (Å²) in [6.07, 6.45) is 2.64. The maximum absolute atomic E-state index is 14.5. The zero-order chi connectivity index (χ0) is 38.1. The number of hydrogen-bond donors (Lipinski definition) is 3. The Morgan fingerprint density at radius 1 is 0.887 bits per heavy atom. The quantitative estimate of drug-likeness (QED) is 0.191. The average molecular weight is 725 g/mol. The topological polar surface area (TPSA) is 162 Å². The Bertz CT molecular complexity index is 1790. The number of carboxylic acids is 1. The van der Waals surface area contributed by atoms with E-state index in [0.717, 1.165) is 24.0 Å². The van der Waals surface area contributed by atoms with E-state index < -0.39 is 35.5 Å². The van der Waals surface area contributed by atoms with E-state index in [-0.39, 0.29) is 49.2 Å². The van der Waals surface area contributed by atoms with Crippen LogP contribution in [0.3, 0.4) is 0 Å². The second-order valence-corrected chi connectivity index (χ2v) is 14.0. The van der Waals surface area contributed by atoms with Crippen molar-refractivity contribution in [1.29, 1.82) is 0 Å². The van der Waals surface area contributed by atoms with Gasteiger partial charge in [0.2, 0.25) is 17.7 Å². The largest absolute Gasteiger partial charge is 0.497 e. The highest BCUT2D eigenvalue weighted by Gasteiger charge is 2.49. The SMILES string of the molecule is COc1ccc(CC2C(=O)N(c3ccc(CC(NC(=O)C4(CCNC(C)=O)CCCC4)C(C)=O)cc3)C(c3ccccc3)N2C(=O)CCC(=O)O)cc1. The first-order valence-corrected chi connectivity index (χ1v) is 18.1. The van der Waals surface area contributed by atoms with E-state index in [1.54, 1.807) is 36.3 Å². The molecule has 12 heteroatoms. The van der Waals surface area contributed by atoms with Crippen LogP contribution in [0.4, 0.5) is 5.69 Å². The van der Waals surface area contributed by atoms with Crippen molar-refractivity contribution in [2.75, 3.05) is 18.6 Å². The molecule has 280 valence electrons. The fourth-order valence-electron chi connectivity index (χ4n) is 7.48. The summed E-state index contributed by atoms with van der Waals surface area (Å²) in [5.41, 5.74) is 2.13. The third kappa shape index (κ3) is 9.29. The van der Waals surface area contributed by atoms with Crippen LogP contribution in [0.25, 0.3) is 0 Å². The highest BCUT2D eigenvalue weighted by molar-refractivity contribution is 6.04. The van der Waals surface area contributed by atoms with Crippen molar-refractivity contribution < 1.29 is 38.6 Å². The lowest BCUT2D eigenvalue weighted by Crippen LogP contribution is -2.49. The molecule has 12 nitrogen and oxygen atoms in total. The molecule has 53 heavy (non-hydrogen) atoms. The molecule has 4 amide bonds. The molecule has 3 atom stereocenters. The molecule has 3 unspecified atom stereocenters. The second-order valence-electron chi connectivity index (χ2n) is 14.0. The summed E-state index contributed by atoms with van der Waals surface area (Å²) in [6.45, 7) is 3.28. The average Bonchev–Trinajstić information content (AvgIpc) is 3.74. The van der Waals surface area contributed by atoms with Crippen molar-refractivity contribution in [2.24, 2.45) is 5.41 Å². The maximum atomic E-state index is 14.5. The summed E-state index contributed by atoms with van der Waals surface area (Å²) in [5.74, 6) is -1.75. The number of amides is 4. The molecule has 0 aromatic heterocycles. The van der Waals surface area contributed by atoms with Gasteiger partial charge in [0.15, 0.2) is 5.78 Å². The number of carbonyl (C=O) groups excluding carboxylic acids is 5. The van der Waals surface area contributed by atoms with Crippen molar-refractivity contribution >= 4 is 41.1 Å². The molecule has 0 radical (unpaired) electrons. The molecule has 1 aliphatic heterocycles. The number of nitrogens with zero attached hydrogens (tertiary/aromatic N) is 2. The van der Waals surface area contributed by atoms with Gasteiger partial charge in [0.25, 0.3) is 5.91 Å². The van der Waals surface area contributed by atoms with Gasteiger partial charge in [-0.1, -0.05) is 67.4 Å². The van der Waals surface area contributed by atoms with Gasteiger partial charge in [-0.25, -0.2) is 0 Å². The van der Waals surface area contributed by atoms with Crippen molar-refractivity contribution in [3.8, 4) is 5.75 Å². The molecule has 1 heterocycles. The second kappa shape index (κ2) is 17.3. The van der Waals surface area contributed by atoms with Crippen LogP contribution in [0, 0.1) is 5.41 Å². The predicted octanol–water partition coefficient (Wildman–Crippen LogP) is 4.75. The first kappa shape index (κ1) is 38.7. The van der Waals surface area contributed by atoms with Crippen LogP contribution >= 0.6 is 0 Å². The lowest BCUT2D eigenvalue weighted by atomic mass is 9.81. The molecule has 1 saturated heterocycles. The van der Waals surface area contributed by atoms with Gasteiger partial charge in [0.1, 0.15) is 18.0 Å². The lowest BCUT2D eigenvalue weighted by molar-refractivity contribution is -0.142. The van der Waals surface area contributed by atoms with Crippen LogP contribution in [0.5, 0.6) is 5.75 Å². The molecular weight excluding hydrogens is 676 g/mol. The molecule has 1 aliphatic carbocycles. The number of carboxylic acid groups (broad SMARTS) is 1. The number of aliphatic carboxylic acids is 1. The first-order chi connectivity index (χ1) is 25.4. The van der Waals surface area contributed by atoms with Gasteiger partial charge in [0, 0.05) is 32.0 Å². The van der Waals surface area contributed by atoms with Gasteiger partial charge in [-0.2, -0.15) is 0 Å². The van der Waals surface area contributed by atoms with Gasteiger partial charge in [-0.05, 0) is 73.6 Å². The molecular formula is C41H48N4O8. The van der Waals surface area contributed by atoms with Crippen molar-refractivity contribution in [1.82, 2.24) is 15.5 Å². The maximum Gasteiger partial charge on any atom is 0.303 e. The Labute approximate surface area is 309 Å². The van der Waals surface area contributed by atoms with Gasteiger partial charge in [-0.15, -0.1) is 0 Å². The van der Waals surface area contributed by atoms with E-state index in [4.69, 9.17) is 4.74 Å². The van der Waals surface area contributed by atoms with E-state index >= 15 is 0 Å².